The molecule has 0 aliphatic carbocycles. The Morgan fingerprint density at radius 1 is 0.878 bits per heavy atom. The average molecular weight is 557 g/mol. The van der Waals surface area contributed by atoms with Crippen molar-refractivity contribution in [3.8, 4) is 0 Å². The molecule has 2 atom stereocenters. The van der Waals surface area contributed by atoms with Crippen LogP contribution in [0.1, 0.15) is 24.0 Å². The second-order valence-corrected chi connectivity index (χ2v) is 9.79. The number of anilines is 2. The van der Waals surface area contributed by atoms with Crippen LogP contribution in [0.2, 0.25) is 0 Å². The van der Waals surface area contributed by atoms with Gasteiger partial charge in [-0.1, -0.05) is 72.8 Å². The molecule has 10 nitrogen and oxygen atoms in total. The topological polar surface area (TPSA) is 136 Å². The van der Waals surface area contributed by atoms with Gasteiger partial charge in [0, 0.05) is 19.5 Å². The van der Waals surface area contributed by atoms with Crippen molar-refractivity contribution < 1.29 is 29.1 Å². The zero-order valence-corrected chi connectivity index (χ0v) is 22.4. The maximum Gasteiger partial charge on any atom is 0.305 e. The van der Waals surface area contributed by atoms with Crippen LogP contribution in [-0.2, 0) is 36.9 Å². The molecule has 0 saturated heterocycles. The lowest BCUT2D eigenvalue weighted by molar-refractivity contribution is -0.138. The molecule has 0 fully saturated rings. The molecular weight excluding hydrogens is 524 g/mol. The Hall–Kier alpha value is -4.99. The number of carboxylic acids is 1. The maximum atomic E-state index is 13.9. The number of nitrogens with one attached hydrogen (secondary N) is 2. The smallest absolute Gasteiger partial charge is 0.305 e. The standard InChI is InChI=1S/C31H32N4O6/c36-21-24(17-30(39)40)32-29(38)20-35-27-14-8-7-13-26(27)34(18-23-11-5-2-6-12-23)19-25(31(35)41)33-28(37)16-15-22-9-3-1-4-10-22/h1-14,21,24-25H,15-20H2,(H,32,38)(H,33,37)(H,39,40)/t24?,25-/m0/s1. The van der Waals surface area contributed by atoms with Crippen LogP contribution in [0.5, 0.6) is 0 Å². The predicted molar refractivity (Wildman–Crippen MR) is 153 cm³/mol. The van der Waals surface area contributed by atoms with Crippen molar-refractivity contribution in [2.24, 2.45) is 0 Å². The molecule has 212 valence electrons. The van der Waals surface area contributed by atoms with Crippen LogP contribution in [0.4, 0.5) is 11.4 Å². The Bertz CT molecular complexity index is 1380. The molecule has 0 radical (unpaired) electrons. The molecule has 10 heteroatoms. The van der Waals surface area contributed by atoms with Crippen molar-refractivity contribution in [2.75, 3.05) is 22.9 Å². The van der Waals surface area contributed by atoms with Crippen LogP contribution in [-0.4, -0.2) is 60.3 Å². The summed E-state index contributed by atoms with van der Waals surface area (Å²) in [6.07, 6.45) is 0.451. The minimum absolute atomic E-state index is 0.163. The van der Waals surface area contributed by atoms with Crippen LogP contribution in [0, 0.1) is 0 Å². The number of hydrogen-bond donors (Lipinski definition) is 3. The molecule has 3 aromatic rings. The summed E-state index contributed by atoms with van der Waals surface area (Å²) in [5.74, 6) is -2.73. The van der Waals surface area contributed by atoms with E-state index in [0.717, 1.165) is 11.1 Å². The van der Waals surface area contributed by atoms with E-state index in [2.05, 4.69) is 10.6 Å². The first-order valence-electron chi connectivity index (χ1n) is 13.3. The lowest BCUT2D eigenvalue weighted by atomic mass is 10.1. The van der Waals surface area contributed by atoms with Gasteiger partial charge in [-0.2, -0.15) is 0 Å². The molecule has 0 bridgehead atoms. The van der Waals surface area contributed by atoms with Crippen LogP contribution in [0.15, 0.2) is 84.9 Å². The van der Waals surface area contributed by atoms with Gasteiger partial charge in [-0.25, -0.2) is 0 Å². The molecule has 4 rings (SSSR count). The first-order valence-corrected chi connectivity index (χ1v) is 13.3. The number of hydrogen-bond acceptors (Lipinski definition) is 6. The summed E-state index contributed by atoms with van der Waals surface area (Å²) in [7, 11) is 0. The van der Waals surface area contributed by atoms with Crippen molar-refractivity contribution >= 4 is 41.4 Å². The van der Waals surface area contributed by atoms with Crippen LogP contribution >= 0.6 is 0 Å². The van der Waals surface area contributed by atoms with Gasteiger partial charge in [0.2, 0.25) is 11.8 Å². The highest BCUT2D eigenvalue weighted by Crippen LogP contribution is 2.33. The number of nitrogens with zero attached hydrogens (tertiary/aromatic N) is 2. The molecule has 0 aromatic heterocycles. The van der Waals surface area contributed by atoms with Crippen LogP contribution < -0.4 is 20.4 Å². The second-order valence-electron chi connectivity index (χ2n) is 9.79. The third-order valence-corrected chi connectivity index (χ3v) is 6.72. The Labute approximate surface area is 238 Å². The van der Waals surface area contributed by atoms with E-state index in [0.29, 0.717) is 30.6 Å². The summed E-state index contributed by atoms with van der Waals surface area (Å²) in [4.78, 5) is 65.5. The maximum absolute atomic E-state index is 13.9. The van der Waals surface area contributed by atoms with E-state index in [1.807, 2.05) is 77.7 Å². The second kappa shape index (κ2) is 13.9. The molecule has 3 amide bonds. The van der Waals surface area contributed by atoms with Gasteiger partial charge in [0.1, 0.15) is 18.9 Å². The molecule has 1 aliphatic rings. The highest BCUT2D eigenvalue weighted by molar-refractivity contribution is 6.06. The number of aryl methyl sites for hydroxylation is 1. The van der Waals surface area contributed by atoms with E-state index in [-0.39, 0.29) is 18.9 Å². The van der Waals surface area contributed by atoms with Crippen molar-refractivity contribution in [1.29, 1.82) is 0 Å². The van der Waals surface area contributed by atoms with Gasteiger partial charge in [-0.3, -0.25) is 24.1 Å². The number of carbonyl (C=O) groups excluding carboxylic acids is 4. The summed E-state index contributed by atoms with van der Waals surface area (Å²) >= 11 is 0. The highest BCUT2D eigenvalue weighted by atomic mass is 16.4. The summed E-state index contributed by atoms with van der Waals surface area (Å²) in [5.41, 5.74) is 3.15. The molecule has 41 heavy (non-hydrogen) atoms. The van der Waals surface area contributed by atoms with E-state index < -0.39 is 42.8 Å². The van der Waals surface area contributed by atoms with Crippen molar-refractivity contribution in [1.82, 2.24) is 10.6 Å². The number of carboxylic acid groups (broad SMARTS) is 1. The Morgan fingerprint density at radius 2 is 1.49 bits per heavy atom. The molecule has 1 heterocycles. The normalized spacial score (nSPS) is 15.3. The zero-order chi connectivity index (χ0) is 29.2. The zero-order valence-electron chi connectivity index (χ0n) is 22.4. The summed E-state index contributed by atoms with van der Waals surface area (Å²) < 4.78 is 0. The number of aliphatic carboxylic acids is 1. The molecule has 3 aromatic carbocycles. The summed E-state index contributed by atoms with van der Waals surface area (Å²) in [6.45, 7) is 0.151. The SMILES string of the molecule is O=CC(CC(=O)O)NC(=O)CN1C(=O)[C@@H](NC(=O)CCc2ccccc2)CN(Cc2ccccc2)c2ccccc21. The van der Waals surface area contributed by atoms with Gasteiger partial charge >= 0.3 is 5.97 Å². The van der Waals surface area contributed by atoms with Crippen LogP contribution in [0.3, 0.4) is 0 Å². The average Bonchev–Trinajstić information content (AvgIpc) is 3.07. The van der Waals surface area contributed by atoms with Crippen LogP contribution in [0.25, 0.3) is 0 Å². The van der Waals surface area contributed by atoms with Crippen molar-refractivity contribution in [3.05, 3.63) is 96.1 Å². The fraction of sp³-hybridized carbons (Fsp3) is 0.258. The predicted octanol–water partition coefficient (Wildman–Crippen LogP) is 2.32. The molecule has 1 unspecified atom stereocenters. The Balaban J connectivity index is 1.60. The quantitative estimate of drug-likeness (QED) is 0.291. The fourth-order valence-corrected chi connectivity index (χ4v) is 4.77. The first kappa shape index (κ1) is 29.0. The largest absolute Gasteiger partial charge is 0.481 e. The van der Waals surface area contributed by atoms with E-state index in [1.54, 1.807) is 12.1 Å². The third-order valence-electron chi connectivity index (χ3n) is 6.72. The monoisotopic (exact) mass is 556 g/mol. The highest BCUT2D eigenvalue weighted by Gasteiger charge is 2.35. The van der Waals surface area contributed by atoms with Gasteiger partial charge in [0.05, 0.1) is 23.8 Å². The molecule has 3 N–H and O–H groups in total. The number of carbonyl (C=O) groups is 5. The minimum atomic E-state index is -1.24. The number of aldehydes is 1. The van der Waals surface area contributed by atoms with E-state index >= 15 is 0 Å². The summed E-state index contributed by atoms with van der Waals surface area (Å²) in [5, 5.41) is 14.3. The molecule has 0 spiro atoms. The summed E-state index contributed by atoms with van der Waals surface area (Å²) in [6, 6.07) is 24.2. The van der Waals surface area contributed by atoms with E-state index in [1.165, 1.54) is 4.90 Å². The van der Waals surface area contributed by atoms with E-state index in [9.17, 15) is 24.0 Å². The first-order chi connectivity index (χ1) is 19.8. The van der Waals surface area contributed by atoms with Gasteiger partial charge in [0.25, 0.3) is 5.91 Å². The fourth-order valence-electron chi connectivity index (χ4n) is 4.77. The van der Waals surface area contributed by atoms with Gasteiger partial charge < -0.3 is 25.4 Å². The number of fused-ring (bicyclic) bond motifs is 1. The number of benzene rings is 3. The van der Waals surface area contributed by atoms with Gasteiger partial charge in [-0.05, 0) is 29.7 Å². The number of rotatable bonds is 12. The lowest BCUT2D eigenvalue weighted by Crippen LogP contribution is -2.54. The van der Waals surface area contributed by atoms with Gasteiger partial charge in [0.15, 0.2) is 0 Å². The number of amides is 3. The number of para-hydroxylation sites is 2. The Morgan fingerprint density at radius 3 is 2.12 bits per heavy atom. The minimum Gasteiger partial charge on any atom is -0.481 e. The molecule has 1 aliphatic heterocycles. The lowest BCUT2D eigenvalue weighted by Gasteiger charge is -2.27. The third kappa shape index (κ3) is 8.01. The Kier molecular flexibility index (Phi) is 9.82. The van der Waals surface area contributed by atoms with Crippen molar-refractivity contribution in [2.45, 2.75) is 37.9 Å². The van der Waals surface area contributed by atoms with Crippen molar-refractivity contribution in [3.63, 3.8) is 0 Å². The van der Waals surface area contributed by atoms with E-state index in [4.69, 9.17) is 5.11 Å². The molecular formula is C31H32N4O6. The van der Waals surface area contributed by atoms with Gasteiger partial charge in [-0.15, -0.1) is 0 Å². The molecule has 0 saturated carbocycles.